The van der Waals surface area contributed by atoms with Crippen molar-refractivity contribution in [3.63, 3.8) is 0 Å². The van der Waals surface area contributed by atoms with Crippen molar-refractivity contribution >= 4 is 23.2 Å². The van der Waals surface area contributed by atoms with Crippen molar-refractivity contribution in [2.24, 2.45) is 0 Å². The largest absolute Gasteiger partial charge is 0.0840 e. The Morgan fingerprint density at radius 3 is 2.08 bits per heavy atom. The number of hydrogen-bond donors (Lipinski definition) is 0. The average Bonchev–Trinajstić information content (AvgIpc) is 2.68. The minimum atomic E-state index is 0.630. The Morgan fingerprint density at radius 1 is 1.17 bits per heavy atom. The summed E-state index contributed by atoms with van der Waals surface area (Å²) in [6.45, 7) is 2.01. The van der Waals surface area contributed by atoms with Crippen molar-refractivity contribution in [2.75, 3.05) is 0 Å². The highest BCUT2D eigenvalue weighted by atomic mass is 35.5. The first kappa shape index (κ1) is 8.40. The van der Waals surface area contributed by atoms with E-state index in [0.717, 1.165) is 21.2 Å². The predicted molar refractivity (Wildman–Crippen MR) is 53.2 cm³/mol. The molecule has 0 heterocycles. The zero-order valence-electron chi connectivity index (χ0n) is 6.90. The van der Waals surface area contributed by atoms with Gasteiger partial charge in [-0.1, -0.05) is 23.2 Å². The second kappa shape index (κ2) is 2.93. The summed E-state index contributed by atoms with van der Waals surface area (Å²) in [4.78, 5) is 0. The highest BCUT2D eigenvalue weighted by Gasteiger charge is 2.27. The van der Waals surface area contributed by atoms with Crippen LogP contribution >= 0.6 is 23.2 Å². The Morgan fingerprint density at radius 2 is 1.67 bits per heavy atom. The van der Waals surface area contributed by atoms with E-state index in [9.17, 15) is 0 Å². The third-order valence-corrected chi connectivity index (χ3v) is 2.83. The minimum Gasteiger partial charge on any atom is -0.0840 e. The second-order valence-corrected chi connectivity index (χ2v) is 4.23. The standard InChI is InChI=1S/C10H10Cl2/c1-6-4-8(11)10(7-2-3-7)9(12)5-6/h4-5,7H,2-3H2,1H3. The maximum Gasteiger partial charge on any atom is 0.0458 e. The predicted octanol–water partition coefficient (Wildman–Crippen LogP) is 4.18. The molecule has 0 bridgehead atoms. The summed E-state index contributed by atoms with van der Waals surface area (Å²) >= 11 is 12.2. The van der Waals surface area contributed by atoms with Crippen molar-refractivity contribution in [3.8, 4) is 0 Å². The van der Waals surface area contributed by atoms with E-state index in [1.54, 1.807) is 0 Å². The number of halogens is 2. The van der Waals surface area contributed by atoms with Crippen LogP contribution in [-0.4, -0.2) is 0 Å². The van der Waals surface area contributed by atoms with E-state index in [2.05, 4.69) is 0 Å². The first-order chi connectivity index (χ1) is 5.68. The summed E-state index contributed by atoms with van der Waals surface area (Å²) in [6.07, 6.45) is 2.48. The molecule has 0 amide bonds. The van der Waals surface area contributed by atoms with Crippen LogP contribution in [0.1, 0.15) is 29.9 Å². The molecule has 0 saturated heterocycles. The van der Waals surface area contributed by atoms with Crippen molar-refractivity contribution in [2.45, 2.75) is 25.7 Å². The molecule has 1 saturated carbocycles. The van der Waals surface area contributed by atoms with Crippen LogP contribution in [0.15, 0.2) is 12.1 Å². The van der Waals surface area contributed by atoms with Gasteiger partial charge in [-0.2, -0.15) is 0 Å². The Bertz CT molecular complexity index is 291. The van der Waals surface area contributed by atoms with Gasteiger partial charge in [0, 0.05) is 10.0 Å². The van der Waals surface area contributed by atoms with Crippen LogP contribution in [0, 0.1) is 6.92 Å². The number of benzene rings is 1. The van der Waals surface area contributed by atoms with E-state index in [4.69, 9.17) is 23.2 Å². The van der Waals surface area contributed by atoms with Crippen LogP contribution in [0.2, 0.25) is 10.0 Å². The molecule has 0 unspecified atom stereocenters. The Labute approximate surface area is 82.5 Å². The maximum atomic E-state index is 6.09. The molecule has 1 aromatic rings. The molecule has 1 aromatic carbocycles. The summed E-state index contributed by atoms with van der Waals surface area (Å²) in [5, 5.41) is 1.67. The molecular formula is C10H10Cl2. The molecule has 0 atom stereocenters. The lowest BCUT2D eigenvalue weighted by Gasteiger charge is -2.05. The van der Waals surface area contributed by atoms with Crippen LogP contribution < -0.4 is 0 Å². The van der Waals surface area contributed by atoms with Crippen LogP contribution in [0.4, 0.5) is 0 Å². The van der Waals surface area contributed by atoms with Gasteiger partial charge in [-0.15, -0.1) is 0 Å². The zero-order chi connectivity index (χ0) is 8.72. The van der Waals surface area contributed by atoms with E-state index in [1.807, 2.05) is 19.1 Å². The van der Waals surface area contributed by atoms with Crippen LogP contribution in [0.5, 0.6) is 0 Å². The average molecular weight is 201 g/mol. The summed E-state index contributed by atoms with van der Waals surface area (Å²) in [5.41, 5.74) is 2.29. The molecule has 0 radical (unpaired) electrons. The Hall–Kier alpha value is -0.200. The Kier molecular flexibility index (Phi) is 2.05. The summed E-state index contributed by atoms with van der Waals surface area (Å²) in [6, 6.07) is 3.97. The van der Waals surface area contributed by atoms with Crippen LogP contribution in [-0.2, 0) is 0 Å². The quantitative estimate of drug-likeness (QED) is 0.639. The molecule has 12 heavy (non-hydrogen) atoms. The highest BCUT2D eigenvalue weighted by Crippen LogP contribution is 2.46. The van der Waals surface area contributed by atoms with Gasteiger partial charge in [0.25, 0.3) is 0 Å². The number of rotatable bonds is 1. The molecule has 64 valence electrons. The molecule has 0 aliphatic heterocycles. The lowest BCUT2D eigenvalue weighted by Crippen LogP contribution is -1.85. The molecule has 0 aromatic heterocycles. The van der Waals surface area contributed by atoms with Gasteiger partial charge in [0.05, 0.1) is 0 Å². The highest BCUT2D eigenvalue weighted by molar-refractivity contribution is 6.36. The van der Waals surface area contributed by atoms with Crippen molar-refractivity contribution in [1.29, 1.82) is 0 Å². The number of hydrogen-bond acceptors (Lipinski definition) is 0. The van der Waals surface area contributed by atoms with E-state index in [0.29, 0.717) is 5.92 Å². The van der Waals surface area contributed by atoms with Crippen LogP contribution in [0.25, 0.3) is 0 Å². The van der Waals surface area contributed by atoms with Gasteiger partial charge < -0.3 is 0 Å². The maximum absolute atomic E-state index is 6.09. The lowest BCUT2D eigenvalue weighted by molar-refractivity contribution is 1.13. The molecular weight excluding hydrogens is 191 g/mol. The van der Waals surface area contributed by atoms with E-state index < -0.39 is 0 Å². The molecule has 0 N–H and O–H groups in total. The normalized spacial score (nSPS) is 16.6. The van der Waals surface area contributed by atoms with Gasteiger partial charge in [0.2, 0.25) is 0 Å². The lowest BCUT2D eigenvalue weighted by atomic mass is 10.1. The molecule has 1 fully saturated rings. The summed E-state index contributed by atoms with van der Waals surface area (Å²) in [7, 11) is 0. The second-order valence-electron chi connectivity index (χ2n) is 3.42. The van der Waals surface area contributed by atoms with Crippen molar-refractivity contribution < 1.29 is 0 Å². The van der Waals surface area contributed by atoms with Crippen molar-refractivity contribution in [3.05, 3.63) is 33.3 Å². The molecule has 2 rings (SSSR count). The zero-order valence-corrected chi connectivity index (χ0v) is 8.41. The first-order valence-electron chi connectivity index (χ1n) is 4.14. The fraction of sp³-hybridized carbons (Fsp3) is 0.400. The third-order valence-electron chi connectivity index (χ3n) is 2.21. The van der Waals surface area contributed by atoms with E-state index in [1.165, 1.54) is 12.8 Å². The van der Waals surface area contributed by atoms with Gasteiger partial charge in [-0.3, -0.25) is 0 Å². The van der Waals surface area contributed by atoms with Gasteiger partial charge >= 0.3 is 0 Å². The molecule has 0 nitrogen and oxygen atoms in total. The summed E-state index contributed by atoms with van der Waals surface area (Å²) < 4.78 is 0. The SMILES string of the molecule is Cc1cc(Cl)c(C2CC2)c(Cl)c1. The van der Waals surface area contributed by atoms with Gasteiger partial charge in [-0.05, 0) is 48.9 Å². The van der Waals surface area contributed by atoms with Crippen molar-refractivity contribution in [1.82, 2.24) is 0 Å². The Balaban J connectivity index is 2.51. The minimum absolute atomic E-state index is 0.630. The molecule has 1 aliphatic rings. The van der Waals surface area contributed by atoms with Crippen LogP contribution in [0.3, 0.4) is 0 Å². The monoisotopic (exact) mass is 200 g/mol. The summed E-state index contributed by atoms with van der Waals surface area (Å²) in [5.74, 6) is 0.630. The van der Waals surface area contributed by atoms with Gasteiger partial charge in [0.15, 0.2) is 0 Å². The van der Waals surface area contributed by atoms with Gasteiger partial charge in [0.1, 0.15) is 0 Å². The molecule has 1 aliphatic carbocycles. The first-order valence-corrected chi connectivity index (χ1v) is 4.89. The third kappa shape index (κ3) is 1.46. The molecule has 0 spiro atoms. The smallest absolute Gasteiger partial charge is 0.0458 e. The number of aryl methyl sites for hydroxylation is 1. The van der Waals surface area contributed by atoms with E-state index in [-0.39, 0.29) is 0 Å². The van der Waals surface area contributed by atoms with E-state index >= 15 is 0 Å². The molecule has 2 heteroatoms. The van der Waals surface area contributed by atoms with Gasteiger partial charge in [-0.25, -0.2) is 0 Å². The fourth-order valence-electron chi connectivity index (χ4n) is 1.47. The fourth-order valence-corrected chi connectivity index (χ4v) is 2.38. The topological polar surface area (TPSA) is 0 Å².